The fourth-order valence-electron chi connectivity index (χ4n) is 3.82. The predicted molar refractivity (Wildman–Crippen MR) is 89.4 cm³/mol. The average Bonchev–Trinajstić information content (AvgIpc) is 3.18. The van der Waals surface area contributed by atoms with Crippen LogP contribution in [0, 0.1) is 11.3 Å². The van der Waals surface area contributed by atoms with Gasteiger partial charge in [-0.15, -0.1) is 0 Å². The molecule has 1 aliphatic carbocycles. The van der Waals surface area contributed by atoms with E-state index in [0.717, 1.165) is 0 Å². The molecule has 0 spiro atoms. The van der Waals surface area contributed by atoms with E-state index in [4.69, 9.17) is 17.3 Å². The topological polar surface area (TPSA) is 101 Å². The van der Waals surface area contributed by atoms with Crippen LogP contribution in [0.2, 0.25) is 0 Å². The summed E-state index contributed by atoms with van der Waals surface area (Å²) >= 11 is 4.78. The van der Waals surface area contributed by atoms with Crippen LogP contribution in [0.3, 0.4) is 0 Å². The number of amides is 2. The second kappa shape index (κ2) is 6.59. The van der Waals surface area contributed by atoms with Crippen molar-refractivity contribution in [2.75, 3.05) is 6.54 Å². The van der Waals surface area contributed by atoms with Gasteiger partial charge in [0, 0.05) is 0 Å². The van der Waals surface area contributed by atoms with Crippen molar-refractivity contribution in [3.05, 3.63) is 35.9 Å². The quantitative estimate of drug-likeness (QED) is 0.597. The van der Waals surface area contributed by atoms with Gasteiger partial charge in [0.2, 0.25) is 5.91 Å². The first kappa shape index (κ1) is 18.7. The summed E-state index contributed by atoms with van der Waals surface area (Å²) < 4.78 is 26.2. The summed E-state index contributed by atoms with van der Waals surface area (Å²) in [6, 6.07) is 6.56. The number of nitrogens with two attached hydrogens (primary N) is 1. The number of benzene rings is 1. The highest BCUT2D eigenvalue weighted by Crippen LogP contribution is 2.59. The highest BCUT2D eigenvalue weighted by molar-refractivity contribution is 6.32. The van der Waals surface area contributed by atoms with Crippen molar-refractivity contribution >= 4 is 29.2 Å². The van der Waals surface area contributed by atoms with Gasteiger partial charge in [0.25, 0.3) is 0 Å². The van der Waals surface area contributed by atoms with Gasteiger partial charge in [0.1, 0.15) is 0 Å². The minimum Gasteiger partial charge on any atom is -0.368 e. The smallest absolute Gasteiger partial charge is 0.368 e. The minimum atomic E-state index is -4.13. The largest absolute Gasteiger partial charge is 0.399 e. The zero-order valence-corrected chi connectivity index (χ0v) is 14.4. The number of ketones is 1. The van der Waals surface area contributed by atoms with E-state index in [-0.39, 0.29) is 12.3 Å². The van der Waals surface area contributed by atoms with E-state index in [9.17, 15) is 23.2 Å². The Balaban J connectivity index is 1.86. The third kappa shape index (κ3) is 3.31. The van der Waals surface area contributed by atoms with Crippen molar-refractivity contribution in [2.45, 2.75) is 30.3 Å². The Morgan fingerprint density at radius 2 is 2.00 bits per heavy atom. The van der Waals surface area contributed by atoms with Crippen molar-refractivity contribution in [1.82, 2.24) is 10.6 Å². The molecule has 0 radical (unpaired) electrons. The van der Waals surface area contributed by atoms with E-state index in [2.05, 4.69) is 5.32 Å². The first-order valence-electron chi connectivity index (χ1n) is 8.15. The summed E-state index contributed by atoms with van der Waals surface area (Å²) in [5, 5.41) is 0.808. The molecule has 1 aromatic carbocycles. The van der Waals surface area contributed by atoms with Gasteiger partial charge in [-0.2, -0.15) is 8.78 Å². The number of fused-ring (bicyclic) bond motifs is 1. The molecule has 1 saturated heterocycles. The molecule has 4 N–H and O–H groups in total. The molecule has 1 saturated carbocycles. The van der Waals surface area contributed by atoms with Crippen LogP contribution in [0.1, 0.15) is 12.0 Å². The summed E-state index contributed by atoms with van der Waals surface area (Å²) in [4.78, 5) is 36.5. The number of Topliss-reactive ketones (excluding diaryl/α,β-unsaturated/α-hetero) is 1. The van der Waals surface area contributed by atoms with Crippen molar-refractivity contribution in [3.63, 3.8) is 0 Å². The number of halogens is 3. The van der Waals surface area contributed by atoms with Crippen LogP contribution in [0.25, 0.3) is 0 Å². The molecule has 2 aliphatic rings. The van der Waals surface area contributed by atoms with E-state index in [1.54, 1.807) is 30.3 Å². The number of primary amides is 1. The second-order valence-electron chi connectivity index (χ2n) is 6.76. The van der Waals surface area contributed by atoms with E-state index < -0.39 is 40.5 Å². The molecule has 2 fully saturated rings. The summed E-state index contributed by atoms with van der Waals surface area (Å²) in [6.45, 7) is 0.441. The molecule has 3 unspecified atom stereocenters. The molecule has 1 aliphatic heterocycles. The molecule has 1 heterocycles. The Morgan fingerprint density at radius 3 is 2.54 bits per heavy atom. The zero-order valence-electron chi connectivity index (χ0n) is 13.7. The fourth-order valence-corrected chi connectivity index (χ4v) is 3.88. The maximum absolute atomic E-state index is 13.1. The van der Waals surface area contributed by atoms with Gasteiger partial charge >= 0.3 is 11.3 Å². The molecule has 2 amide bonds. The highest BCUT2D eigenvalue weighted by atomic mass is 35.5. The SMILES string of the molecule is NC(=O)C1NCC2CC21C(=O)[C@H](Cc1ccccc1)NC(=O)C(F)(F)Cl. The maximum Gasteiger partial charge on any atom is 0.399 e. The monoisotopic (exact) mass is 385 g/mol. The number of hydrogen-bond donors (Lipinski definition) is 3. The zero-order chi connectivity index (χ0) is 19.1. The number of rotatable bonds is 7. The Labute approximate surface area is 153 Å². The lowest BCUT2D eigenvalue weighted by atomic mass is 9.84. The highest BCUT2D eigenvalue weighted by Gasteiger charge is 2.70. The van der Waals surface area contributed by atoms with E-state index in [1.165, 1.54) is 0 Å². The molecular weight excluding hydrogens is 368 g/mol. The molecule has 1 aromatic rings. The van der Waals surface area contributed by atoms with Crippen molar-refractivity contribution < 1.29 is 23.2 Å². The van der Waals surface area contributed by atoms with E-state index >= 15 is 0 Å². The normalized spacial score (nSPS) is 28.1. The summed E-state index contributed by atoms with van der Waals surface area (Å²) in [6.07, 6.45) is 0.448. The first-order chi connectivity index (χ1) is 12.2. The molecule has 6 nitrogen and oxygen atoms in total. The maximum atomic E-state index is 13.1. The lowest BCUT2D eigenvalue weighted by Gasteiger charge is -2.26. The predicted octanol–water partition coefficient (Wildman–Crippen LogP) is 0.578. The first-order valence-corrected chi connectivity index (χ1v) is 8.52. The van der Waals surface area contributed by atoms with Gasteiger partial charge in [-0.25, -0.2) is 0 Å². The van der Waals surface area contributed by atoms with Crippen molar-refractivity contribution in [3.8, 4) is 0 Å². The summed E-state index contributed by atoms with van der Waals surface area (Å²) in [5.41, 5.74) is 5.00. The van der Waals surface area contributed by atoms with E-state index in [1.807, 2.05) is 5.32 Å². The number of carbonyl (C=O) groups excluding carboxylic acids is 3. The molecule has 26 heavy (non-hydrogen) atoms. The Bertz CT molecular complexity index is 741. The Morgan fingerprint density at radius 1 is 1.35 bits per heavy atom. The van der Waals surface area contributed by atoms with Crippen LogP contribution in [0.5, 0.6) is 0 Å². The molecule has 9 heteroatoms. The molecule has 0 bridgehead atoms. The Kier molecular flexibility index (Phi) is 4.74. The third-order valence-corrected chi connectivity index (χ3v) is 5.31. The molecule has 140 valence electrons. The number of carbonyl (C=O) groups is 3. The molecular formula is C17H18ClF2N3O3. The summed E-state index contributed by atoms with van der Waals surface area (Å²) in [7, 11) is 0. The average molecular weight is 386 g/mol. The Hall–Kier alpha value is -2.06. The lowest BCUT2D eigenvalue weighted by Crippen LogP contribution is -2.54. The molecule has 3 rings (SSSR count). The number of nitrogens with one attached hydrogen (secondary N) is 2. The third-order valence-electron chi connectivity index (χ3n) is 5.14. The van der Waals surface area contributed by atoms with Gasteiger partial charge in [-0.3, -0.25) is 14.4 Å². The van der Waals surface area contributed by atoms with Crippen LogP contribution < -0.4 is 16.4 Å². The van der Waals surface area contributed by atoms with Gasteiger partial charge in [0.15, 0.2) is 5.78 Å². The fraction of sp³-hybridized carbons (Fsp3) is 0.471. The second-order valence-corrected chi connectivity index (χ2v) is 7.24. The number of piperidine rings is 1. The number of alkyl halides is 3. The van der Waals surface area contributed by atoms with E-state index in [0.29, 0.717) is 18.5 Å². The van der Waals surface area contributed by atoms with Gasteiger partial charge in [0.05, 0.1) is 17.5 Å². The van der Waals surface area contributed by atoms with Crippen LogP contribution in [-0.2, 0) is 20.8 Å². The van der Waals surface area contributed by atoms with Gasteiger partial charge < -0.3 is 16.4 Å². The minimum absolute atomic E-state index is 0.0122. The van der Waals surface area contributed by atoms with Crippen molar-refractivity contribution in [1.29, 1.82) is 0 Å². The van der Waals surface area contributed by atoms with Gasteiger partial charge in [-0.05, 0) is 42.5 Å². The van der Waals surface area contributed by atoms with Crippen molar-refractivity contribution in [2.24, 2.45) is 17.1 Å². The van der Waals surface area contributed by atoms with Crippen LogP contribution >= 0.6 is 11.6 Å². The number of hydrogen-bond acceptors (Lipinski definition) is 4. The van der Waals surface area contributed by atoms with Crippen LogP contribution in [-0.4, -0.2) is 41.6 Å². The molecule has 4 atom stereocenters. The summed E-state index contributed by atoms with van der Waals surface area (Å²) in [5.74, 6) is -3.00. The van der Waals surface area contributed by atoms with Crippen LogP contribution in [0.4, 0.5) is 8.78 Å². The molecule has 0 aromatic heterocycles. The van der Waals surface area contributed by atoms with Gasteiger partial charge in [-0.1, -0.05) is 30.3 Å². The van der Waals surface area contributed by atoms with Crippen LogP contribution in [0.15, 0.2) is 30.3 Å². The lowest BCUT2D eigenvalue weighted by molar-refractivity contribution is -0.140. The standard InChI is InChI=1S/C17H18ClF2N3O3/c18-17(19,20)15(26)23-11(6-9-4-2-1-3-5-9)13(24)16-7-10(16)8-22-12(16)14(21)25/h1-5,10-12,22H,6-8H2,(H2,21,25)(H,23,26)/t10?,11-,12?,16?/m0/s1.